The summed E-state index contributed by atoms with van der Waals surface area (Å²) >= 11 is 0. The first kappa shape index (κ1) is 14.8. The van der Waals surface area contributed by atoms with Gasteiger partial charge in [-0.25, -0.2) is 4.98 Å². The molecule has 1 heterocycles. The number of fused-ring (bicyclic) bond motifs is 1. The van der Waals surface area contributed by atoms with Crippen LogP contribution in [0.15, 0.2) is 12.1 Å². The molecule has 0 bridgehead atoms. The molecule has 0 saturated carbocycles. The van der Waals surface area contributed by atoms with Crippen molar-refractivity contribution in [2.45, 2.75) is 19.9 Å². The summed E-state index contributed by atoms with van der Waals surface area (Å²) in [6.45, 7) is 3.58. The SMILES string of the molecule is CNCCCn1c(C)nc2cc(OC)cc(B(O)O)c21. The number of methoxy groups -OCH3 is 1. The lowest BCUT2D eigenvalue weighted by Crippen LogP contribution is -2.32. The Labute approximate surface area is 118 Å². The van der Waals surface area contributed by atoms with Gasteiger partial charge in [-0.1, -0.05) is 0 Å². The lowest BCUT2D eigenvalue weighted by molar-refractivity contribution is 0.412. The maximum absolute atomic E-state index is 9.59. The second-order valence-corrected chi connectivity index (χ2v) is 4.73. The first-order chi connectivity index (χ1) is 9.58. The highest BCUT2D eigenvalue weighted by Crippen LogP contribution is 2.20. The topological polar surface area (TPSA) is 79.5 Å². The number of nitrogens with one attached hydrogen (secondary N) is 1. The molecule has 0 spiro atoms. The van der Waals surface area contributed by atoms with Crippen LogP contribution in [-0.4, -0.2) is 47.4 Å². The minimum Gasteiger partial charge on any atom is -0.497 e. The van der Waals surface area contributed by atoms with E-state index in [2.05, 4.69) is 10.3 Å². The van der Waals surface area contributed by atoms with E-state index < -0.39 is 7.12 Å². The van der Waals surface area contributed by atoms with Crippen LogP contribution >= 0.6 is 0 Å². The van der Waals surface area contributed by atoms with E-state index >= 15 is 0 Å². The van der Waals surface area contributed by atoms with Gasteiger partial charge in [-0.05, 0) is 33.0 Å². The molecule has 0 radical (unpaired) electrons. The largest absolute Gasteiger partial charge is 0.497 e. The average Bonchev–Trinajstić information content (AvgIpc) is 2.73. The predicted octanol–water partition coefficient (Wildman–Crippen LogP) is -0.357. The van der Waals surface area contributed by atoms with Crippen molar-refractivity contribution in [1.29, 1.82) is 0 Å². The van der Waals surface area contributed by atoms with E-state index in [1.165, 1.54) is 0 Å². The minimum absolute atomic E-state index is 0.421. The Bertz CT molecular complexity index is 598. The summed E-state index contributed by atoms with van der Waals surface area (Å²) < 4.78 is 7.19. The molecule has 0 aliphatic heterocycles. The molecule has 20 heavy (non-hydrogen) atoms. The quantitative estimate of drug-likeness (QED) is 0.496. The molecular weight excluding hydrogens is 257 g/mol. The minimum atomic E-state index is -1.55. The van der Waals surface area contributed by atoms with Crippen molar-refractivity contribution >= 4 is 23.6 Å². The highest BCUT2D eigenvalue weighted by molar-refractivity contribution is 6.61. The Morgan fingerprint density at radius 1 is 1.40 bits per heavy atom. The van der Waals surface area contributed by atoms with Crippen LogP contribution in [0.3, 0.4) is 0 Å². The van der Waals surface area contributed by atoms with Gasteiger partial charge in [0.1, 0.15) is 11.6 Å². The van der Waals surface area contributed by atoms with E-state index in [9.17, 15) is 10.0 Å². The van der Waals surface area contributed by atoms with Gasteiger partial charge in [0.15, 0.2) is 0 Å². The highest BCUT2D eigenvalue weighted by Gasteiger charge is 2.21. The third-order valence-electron chi connectivity index (χ3n) is 3.36. The van der Waals surface area contributed by atoms with E-state index in [0.717, 1.165) is 36.4 Å². The van der Waals surface area contributed by atoms with Crippen molar-refractivity contribution in [3.63, 3.8) is 0 Å². The van der Waals surface area contributed by atoms with E-state index in [4.69, 9.17) is 4.74 Å². The summed E-state index contributed by atoms with van der Waals surface area (Å²) in [6.07, 6.45) is 0.940. The number of hydrogen-bond donors (Lipinski definition) is 3. The zero-order valence-corrected chi connectivity index (χ0v) is 12.1. The van der Waals surface area contributed by atoms with Crippen LogP contribution in [0.25, 0.3) is 11.0 Å². The fourth-order valence-electron chi connectivity index (χ4n) is 2.39. The van der Waals surface area contributed by atoms with Gasteiger partial charge in [-0.15, -0.1) is 0 Å². The van der Waals surface area contributed by atoms with Crippen LogP contribution in [-0.2, 0) is 6.54 Å². The Balaban J connectivity index is 2.54. The van der Waals surface area contributed by atoms with Gasteiger partial charge in [-0.3, -0.25) is 0 Å². The summed E-state index contributed by atoms with van der Waals surface area (Å²) in [5.41, 5.74) is 1.90. The molecule has 0 aliphatic carbocycles. The average molecular weight is 277 g/mol. The third kappa shape index (κ3) is 2.79. The second kappa shape index (κ2) is 6.26. The molecule has 0 saturated heterocycles. The van der Waals surface area contributed by atoms with Gasteiger partial charge in [0.25, 0.3) is 0 Å². The Morgan fingerprint density at radius 3 is 2.75 bits per heavy atom. The van der Waals surface area contributed by atoms with Gasteiger partial charge >= 0.3 is 7.12 Å². The fourth-order valence-corrected chi connectivity index (χ4v) is 2.39. The van der Waals surface area contributed by atoms with Gasteiger partial charge in [0.05, 0.1) is 18.1 Å². The molecule has 7 heteroatoms. The molecule has 0 fully saturated rings. The fraction of sp³-hybridized carbons (Fsp3) is 0.462. The number of benzene rings is 1. The maximum atomic E-state index is 9.59. The van der Waals surface area contributed by atoms with Crippen molar-refractivity contribution in [1.82, 2.24) is 14.9 Å². The highest BCUT2D eigenvalue weighted by atomic mass is 16.5. The number of imidazole rings is 1. The smallest absolute Gasteiger partial charge is 0.490 e. The van der Waals surface area contributed by atoms with Crippen molar-refractivity contribution in [2.24, 2.45) is 0 Å². The Hall–Kier alpha value is -1.57. The molecule has 108 valence electrons. The molecule has 1 aromatic carbocycles. The number of ether oxygens (including phenoxy) is 1. The van der Waals surface area contributed by atoms with E-state index in [1.807, 2.05) is 24.6 Å². The molecule has 0 unspecified atom stereocenters. The van der Waals surface area contributed by atoms with Gasteiger partial charge < -0.3 is 24.7 Å². The van der Waals surface area contributed by atoms with Crippen LogP contribution in [0.4, 0.5) is 0 Å². The molecule has 2 rings (SSSR count). The Kier molecular flexibility index (Phi) is 4.64. The van der Waals surface area contributed by atoms with Crippen molar-refractivity contribution < 1.29 is 14.8 Å². The summed E-state index contributed by atoms with van der Waals surface area (Å²) in [7, 11) is 1.91. The molecule has 0 aliphatic rings. The van der Waals surface area contributed by atoms with Gasteiger partial charge in [0.2, 0.25) is 0 Å². The molecule has 0 atom stereocenters. The monoisotopic (exact) mass is 277 g/mol. The second-order valence-electron chi connectivity index (χ2n) is 4.73. The zero-order chi connectivity index (χ0) is 14.7. The molecule has 1 aromatic heterocycles. The predicted molar refractivity (Wildman–Crippen MR) is 79.4 cm³/mol. The van der Waals surface area contributed by atoms with Crippen LogP contribution < -0.4 is 15.5 Å². The van der Waals surface area contributed by atoms with E-state index in [0.29, 0.717) is 11.2 Å². The van der Waals surface area contributed by atoms with Crippen LogP contribution in [0.1, 0.15) is 12.2 Å². The zero-order valence-electron chi connectivity index (χ0n) is 12.1. The van der Waals surface area contributed by atoms with Crippen LogP contribution in [0.5, 0.6) is 5.75 Å². The van der Waals surface area contributed by atoms with Gasteiger partial charge in [-0.2, -0.15) is 0 Å². The molecule has 3 N–H and O–H groups in total. The number of rotatable bonds is 6. The van der Waals surface area contributed by atoms with Crippen molar-refractivity contribution in [3.05, 3.63) is 18.0 Å². The number of hydrogen-bond acceptors (Lipinski definition) is 5. The van der Waals surface area contributed by atoms with Crippen LogP contribution in [0.2, 0.25) is 0 Å². The molecule has 0 amide bonds. The first-order valence-electron chi connectivity index (χ1n) is 6.64. The van der Waals surface area contributed by atoms with Crippen LogP contribution in [0, 0.1) is 6.92 Å². The van der Waals surface area contributed by atoms with E-state index in [1.54, 1.807) is 13.2 Å². The molecule has 2 aromatic rings. The van der Waals surface area contributed by atoms with Crippen molar-refractivity contribution in [2.75, 3.05) is 20.7 Å². The Morgan fingerprint density at radius 2 is 2.15 bits per heavy atom. The summed E-state index contributed by atoms with van der Waals surface area (Å²) in [5, 5.41) is 22.3. The number of aromatic nitrogens is 2. The number of aryl methyl sites for hydroxylation is 2. The third-order valence-corrected chi connectivity index (χ3v) is 3.36. The molecular formula is C13H20BN3O3. The van der Waals surface area contributed by atoms with Crippen molar-refractivity contribution in [3.8, 4) is 5.75 Å². The lowest BCUT2D eigenvalue weighted by Gasteiger charge is -2.11. The first-order valence-corrected chi connectivity index (χ1v) is 6.64. The lowest BCUT2D eigenvalue weighted by atomic mass is 9.79. The summed E-state index contributed by atoms with van der Waals surface area (Å²) in [5.74, 6) is 1.42. The maximum Gasteiger partial charge on any atom is 0.490 e. The van der Waals surface area contributed by atoms with Gasteiger partial charge in [0, 0.05) is 18.1 Å². The summed E-state index contributed by atoms with van der Waals surface area (Å²) in [6, 6.07) is 3.45. The standard InChI is InChI=1S/C13H20BN3O3/c1-9-16-12-8-10(20-3)7-11(14(18)19)13(12)17(9)6-4-5-15-2/h7-8,15,18-19H,4-6H2,1-3H3. The number of nitrogens with zero attached hydrogens (tertiary/aromatic N) is 2. The molecule has 6 nitrogen and oxygen atoms in total. The normalized spacial score (nSPS) is 11.1. The van der Waals surface area contributed by atoms with E-state index in [-0.39, 0.29) is 0 Å². The summed E-state index contributed by atoms with van der Waals surface area (Å²) in [4.78, 5) is 4.48.